The second-order valence-corrected chi connectivity index (χ2v) is 11.2. The van der Waals surface area contributed by atoms with Crippen LogP contribution in [0.5, 0.6) is 0 Å². The summed E-state index contributed by atoms with van der Waals surface area (Å²) in [6, 6.07) is 52.1. The molecule has 1 aliphatic rings. The van der Waals surface area contributed by atoms with Crippen LogP contribution in [-0.2, 0) is 0 Å². The van der Waals surface area contributed by atoms with Gasteiger partial charge in [0.15, 0.2) is 17.5 Å². The Morgan fingerprint density at radius 1 is 0.356 bits per heavy atom. The van der Waals surface area contributed by atoms with Crippen molar-refractivity contribution < 1.29 is 4.42 Å². The van der Waals surface area contributed by atoms with E-state index in [1.165, 1.54) is 22.3 Å². The van der Waals surface area contributed by atoms with E-state index in [0.717, 1.165) is 50.1 Å². The molecule has 0 saturated heterocycles. The lowest BCUT2D eigenvalue weighted by Gasteiger charge is -2.12. The predicted octanol–water partition coefficient (Wildman–Crippen LogP) is 10.6. The first kappa shape index (κ1) is 25.4. The SMILES string of the molecule is c1ccc(-c2nc(-c3ccccc3)nc(-c3cccc(-c4oc5cccc6c5c4-c4ccccc4-c4ccccc4-6)c3)n2)cc1. The fourth-order valence-electron chi connectivity index (χ4n) is 6.46. The van der Waals surface area contributed by atoms with Crippen molar-refractivity contribution in [3.63, 3.8) is 0 Å². The van der Waals surface area contributed by atoms with Gasteiger partial charge in [0.05, 0.1) is 0 Å². The number of furan rings is 1. The Labute approximate surface area is 260 Å². The van der Waals surface area contributed by atoms with E-state index in [1.807, 2.05) is 60.7 Å². The summed E-state index contributed by atoms with van der Waals surface area (Å²) in [7, 11) is 0. The fraction of sp³-hybridized carbons (Fsp3) is 0. The minimum absolute atomic E-state index is 0.611. The molecule has 0 amide bonds. The van der Waals surface area contributed by atoms with E-state index in [4.69, 9.17) is 19.4 Å². The average molecular weight is 576 g/mol. The van der Waals surface area contributed by atoms with E-state index >= 15 is 0 Å². The Balaban J connectivity index is 1.27. The maximum absolute atomic E-state index is 6.75. The Hall–Kier alpha value is -6.13. The number of nitrogens with zero attached hydrogens (tertiary/aromatic N) is 3. The molecule has 45 heavy (non-hydrogen) atoms. The topological polar surface area (TPSA) is 51.8 Å². The highest BCUT2D eigenvalue weighted by atomic mass is 16.3. The quantitative estimate of drug-likeness (QED) is 0.209. The molecular weight excluding hydrogens is 550 g/mol. The lowest BCUT2D eigenvalue weighted by molar-refractivity contribution is 0.632. The molecule has 0 atom stereocenters. The van der Waals surface area contributed by atoms with Gasteiger partial charge in [-0.1, -0.05) is 140 Å². The van der Waals surface area contributed by atoms with E-state index in [0.29, 0.717) is 17.5 Å². The van der Waals surface area contributed by atoms with Crippen LogP contribution in [0.15, 0.2) is 156 Å². The van der Waals surface area contributed by atoms with Crippen LogP contribution in [0.25, 0.3) is 89.8 Å². The Kier molecular flexibility index (Phi) is 5.78. The number of rotatable bonds is 4. The third-order valence-electron chi connectivity index (χ3n) is 8.50. The smallest absolute Gasteiger partial charge is 0.164 e. The summed E-state index contributed by atoms with van der Waals surface area (Å²) in [6.45, 7) is 0. The number of aromatic nitrogens is 3. The predicted molar refractivity (Wildman–Crippen MR) is 181 cm³/mol. The van der Waals surface area contributed by atoms with Crippen LogP contribution in [0.4, 0.5) is 0 Å². The molecule has 2 aromatic heterocycles. The number of benzene rings is 6. The third kappa shape index (κ3) is 4.19. The highest BCUT2D eigenvalue weighted by molar-refractivity contribution is 6.15. The molecule has 0 saturated carbocycles. The molecule has 0 unspecified atom stereocenters. The molecule has 8 aromatic rings. The van der Waals surface area contributed by atoms with Crippen LogP contribution >= 0.6 is 0 Å². The Morgan fingerprint density at radius 3 is 1.44 bits per heavy atom. The van der Waals surface area contributed by atoms with Gasteiger partial charge < -0.3 is 4.42 Å². The number of hydrogen-bond donors (Lipinski definition) is 0. The van der Waals surface area contributed by atoms with Crippen molar-refractivity contribution in [1.29, 1.82) is 0 Å². The molecule has 0 radical (unpaired) electrons. The van der Waals surface area contributed by atoms with Crippen LogP contribution < -0.4 is 0 Å². The Morgan fingerprint density at radius 2 is 0.800 bits per heavy atom. The maximum Gasteiger partial charge on any atom is 0.164 e. The van der Waals surface area contributed by atoms with Gasteiger partial charge in [0.2, 0.25) is 0 Å². The second kappa shape index (κ2) is 10.2. The van der Waals surface area contributed by atoms with Crippen molar-refractivity contribution in [1.82, 2.24) is 15.0 Å². The van der Waals surface area contributed by atoms with Crippen LogP contribution in [0.3, 0.4) is 0 Å². The van der Waals surface area contributed by atoms with Crippen LogP contribution in [0, 0.1) is 0 Å². The average Bonchev–Trinajstić information content (AvgIpc) is 3.46. The van der Waals surface area contributed by atoms with Crippen LogP contribution in [-0.4, -0.2) is 15.0 Å². The van der Waals surface area contributed by atoms with Gasteiger partial charge in [-0.05, 0) is 39.9 Å². The largest absolute Gasteiger partial charge is 0.455 e. The zero-order chi connectivity index (χ0) is 29.7. The number of fused-ring (bicyclic) bond motifs is 5. The minimum Gasteiger partial charge on any atom is -0.455 e. The summed E-state index contributed by atoms with van der Waals surface area (Å²) in [4.78, 5) is 14.8. The molecule has 0 N–H and O–H groups in total. The molecular formula is C41H25N3O. The molecule has 0 spiro atoms. The van der Waals surface area contributed by atoms with Gasteiger partial charge in [0.1, 0.15) is 11.3 Å². The monoisotopic (exact) mass is 575 g/mol. The van der Waals surface area contributed by atoms with Crippen molar-refractivity contribution in [2.24, 2.45) is 0 Å². The lowest BCUT2D eigenvalue weighted by atomic mass is 9.93. The van der Waals surface area contributed by atoms with Gasteiger partial charge in [-0.15, -0.1) is 0 Å². The van der Waals surface area contributed by atoms with Gasteiger partial charge in [0, 0.05) is 33.2 Å². The van der Waals surface area contributed by atoms with Crippen LogP contribution in [0.2, 0.25) is 0 Å². The van der Waals surface area contributed by atoms with E-state index in [2.05, 4.69) is 91.0 Å². The third-order valence-corrected chi connectivity index (χ3v) is 8.50. The molecule has 210 valence electrons. The van der Waals surface area contributed by atoms with E-state index in [1.54, 1.807) is 0 Å². The first-order valence-corrected chi connectivity index (χ1v) is 15.0. The highest BCUT2D eigenvalue weighted by Crippen LogP contribution is 2.52. The first-order valence-electron chi connectivity index (χ1n) is 15.0. The van der Waals surface area contributed by atoms with Gasteiger partial charge in [-0.2, -0.15) is 0 Å². The van der Waals surface area contributed by atoms with E-state index in [9.17, 15) is 0 Å². The van der Waals surface area contributed by atoms with Crippen molar-refractivity contribution in [2.75, 3.05) is 0 Å². The zero-order valence-electron chi connectivity index (χ0n) is 24.2. The van der Waals surface area contributed by atoms with E-state index < -0.39 is 0 Å². The Bertz CT molecular complexity index is 2320. The normalized spacial score (nSPS) is 11.6. The van der Waals surface area contributed by atoms with Gasteiger partial charge in [-0.25, -0.2) is 15.0 Å². The molecule has 4 heteroatoms. The molecule has 0 bridgehead atoms. The molecule has 0 aliphatic heterocycles. The minimum atomic E-state index is 0.611. The summed E-state index contributed by atoms with van der Waals surface area (Å²) in [5.74, 6) is 2.72. The standard InChI is InChI=1S/C41H25N3O/c1-3-13-26(14-4-1)39-42-40(27-15-5-2-6-16-27)44-41(43-39)29-18-11-17-28(25-29)38-37-34-22-10-9-21-32(34)30-19-7-8-20-31(30)33-23-12-24-35(45-38)36(33)37/h1-25H. The van der Waals surface area contributed by atoms with Gasteiger partial charge >= 0.3 is 0 Å². The molecule has 6 aromatic carbocycles. The molecule has 2 heterocycles. The van der Waals surface area contributed by atoms with E-state index in [-0.39, 0.29) is 0 Å². The molecule has 4 nitrogen and oxygen atoms in total. The van der Waals surface area contributed by atoms with Crippen molar-refractivity contribution in [2.45, 2.75) is 0 Å². The fourth-order valence-corrected chi connectivity index (χ4v) is 6.46. The summed E-state index contributed by atoms with van der Waals surface area (Å²) in [6.07, 6.45) is 0. The van der Waals surface area contributed by atoms with Gasteiger partial charge in [-0.3, -0.25) is 0 Å². The summed E-state index contributed by atoms with van der Waals surface area (Å²) < 4.78 is 6.75. The maximum atomic E-state index is 6.75. The summed E-state index contributed by atoms with van der Waals surface area (Å²) in [5, 5.41) is 1.13. The molecule has 1 aliphatic carbocycles. The molecule has 0 fully saturated rings. The van der Waals surface area contributed by atoms with Crippen molar-refractivity contribution >= 4 is 11.0 Å². The van der Waals surface area contributed by atoms with Crippen molar-refractivity contribution in [3.8, 4) is 78.9 Å². The first-order chi connectivity index (χ1) is 22.3. The van der Waals surface area contributed by atoms with Crippen LogP contribution in [0.1, 0.15) is 0 Å². The zero-order valence-corrected chi connectivity index (χ0v) is 24.2. The lowest BCUT2D eigenvalue weighted by Crippen LogP contribution is -2.00. The highest BCUT2D eigenvalue weighted by Gasteiger charge is 2.27. The second-order valence-electron chi connectivity index (χ2n) is 11.2. The number of hydrogen-bond acceptors (Lipinski definition) is 4. The summed E-state index contributed by atoms with van der Waals surface area (Å²) in [5.41, 5.74) is 11.7. The molecule has 9 rings (SSSR count). The summed E-state index contributed by atoms with van der Waals surface area (Å²) >= 11 is 0. The van der Waals surface area contributed by atoms with Gasteiger partial charge in [0.25, 0.3) is 0 Å². The van der Waals surface area contributed by atoms with Crippen molar-refractivity contribution in [3.05, 3.63) is 152 Å².